The second-order valence-corrected chi connectivity index (χ2v) is 9.09. The fourth-order valence-corrected chi connectivity index (χ4v) is 4.16. The van der Waals surface area contributed by atoms with Gasteiger partial charge in [0.15, 0.2) is 5.76 Å². The van der Waals surface area contributed by atoms with Gasteiger partial charge in [-0.15, -0.1) is 0 Å². The first-order chi connectivity index (χ1) is 13.5. The summed E-state index contributed by atoms with van der Waals surface area (Å²) in [6.07, 6.45) is 4.54. The molecule has 2 atom stereocenters. The molecule has 150 valence electrons. The monoisotopic (exact) mass is 401 g/mol. The molecule has 28 heavy (non-hydrogen) atoms. The summed E-state index contributed by atoms with van der Waals surface area (Å²) in [5.74, 6) is 2.13. The van der Waals surface area contributed by atoms with Crippen LogP contribution in [0, 0.1) is 11.8 Å². The largest absolute Gasteiger partial charge is 0.356 e. The molecule has 0 radical (unpaired) electrons. The van der Waals surface area contributed by atoms with Crippen LogP contribution in [0.25, 0.3) is 11.3 Å². The summed E-state index contributed by atoms with van der Waals surface area (Å²) in [7, 11) is 0. The molecule has 1 amide bonds. The van der Waals surface area contributed by atoms with Crippen molar-refractivity contribution in [3.8, 4) is 11.3 Å². The summed E-state index contributed by atoms with van der Waals surface area (Å²) >= 11 is 5.97. The zero-order chi connectivity index (χ0) is 19.7. The van der Waals surface area contributed by atoms with Crippen molar-refractivity contribution in [3.05, 3.63) is 41.0 Å². The van der Waals surface area contributed by atoms with Crippen LogP contribution in [-0.4, -0.2) is 34.6 Å². The topological polar surface area (TPSA) is 58.4 Å². The Morgan fingerprint density at radius 3 is 2.71 bits per heavy atom. The fraction of sp³-hybridized carbons (Fsp3) is 0.545. The summed E-state index contributed by atoms with van der Waals surface area (Å²) in [6, 6.07) is 9.64. The lowest BCUT2D eigenvalue weighted by atomic mass is 9.96. The van der Waals surface area contributed by atoms with Crippen molar-refractivity contribution < 1.29 is 9.32 Å². The Labute approximate surface area is 171 Å². The third-order valence-corrected chi connectivity index (χ3v) is 5.86. The van der Waals surface area contributed by atoms with Crippen molar-refractivity contribution >= 4 is 17.5 Å². The number of rotatable bonds is 7. The molecule has 2 unspecified atom stereocenters. The van der Waals surface area contributed by atoms with Crippen molar-refractivity contribution in [3.63, 3.8) is 0 Å². The number of halogens is 1. The van der Waals surface area contributed by atoms with Gasteiger partial charge in [-0.05, 0) is 48.9 Å². The third kappa shape index (κ3) is 4.76. The quantitative estimate of drug-likeness (QED) is 0.741. The molecule has 0 bridgehead atoms. The van der Waals surface area contributed by atoms with Crippen molar-refractivity contribution in [1.29, 1.82) is 0 Å². The molecule has 1 aromatic carbocycles. The van der Waals surface area contributed by atoms with E-state index in [9.17, 15) is 4.79 Å². The summed E-state index contributed by atoms with van der Waals surface area (Å²) in [5.41, 5.74) is 1.81. The van der Waals surface area contributed by atoms with Gasteiger partial charge in [0.25, 0.3) is 0 Å². The minimum absolute atomic E-state index is 0.105. The van der Waals surface area contributed by atoms with Gasteiger partial charge in [-0.25, -0.2) is 0 Å². The van der Waals surface area contributed by atoms with E-state index in [0.29, 0.717) is 17.5 Å². The summed E-state index contributed by atoms with van der Waals surface area (Å²) < 4.78 is 5.56. The molecule has 4 rings (SSSR count). The Hall–Kier alpha value is -1.85. The molecule has 6 heteroatoms. The third-order valence-electron chi connectivity index (χ3n) is 5.61. The average Bonchev–Trinajstić information content (AvgIpc) is 3.34. The number of hydrogen-bond donors (Lipinski definition) is 1. The highest BCUT2D eigenvalue weighted by molar-refractivity contribution is 6.30. The van der Waals surface area contributed by atoms with E-state index >= 15 is 0 Å². The Morgan fingerprint density at radius 2 is 2.04 bits per heavy atom. The van der Waals surface area contributed by atoms with Crippen LogP contribution in [0.15, 0.2) is 34.9 Å². The van der Waals surface area contributed by atoms with Crippen LogP contribution < -0.4 is 5.32 Å². The van der Waals surface area contributed by atoms with Crippen molar-refractivity contribution in [2.75, 3.05) is 6.54 Å². The van der Waals surface area contributed by atoms with Crippen LogP contribution in [0.2, 0.25) is 5.02 Å². The van der Waals surface area contributed by atoms with E-state index in [1.165, 1.54) is 12.8 Å². The van der Waals surface area contributed by atoms with Gasteiger partial charge in [-0.1, -0.05) is 43.4 Å². The minimum Gasteiger partial charge on any atom is -0.356 e. The van der Waals surface area contributed by atoms with Gasteiger partial charge in [-0.3, -0.25) is 9.69 Å². The Balaban J connectivity index is 1.49. The molecule has 2 heterocycles. The molecule has 0 spiro atoms. The number of carbonyl (C=O) groups excluding carboxylic acids is 1. The number of aromatic nitrogens is 1. The van der Waals surface area contributed by atoms with Crippen molar-refractivity contribution in [1.82, 2.24) is 15.4 Å². The van der Waals surface area contributed by atoms with E-state index in [2.05, 4.69) is 29.2 Å². The lowest BCUT2D eigenvalue weighted by molar-refractivity contribution is -0.132. The molecule has 2 fully saturated rings. The second kappa shape index (κ2) is 8.26. The van der Waals surface area contributed by atoms with Crippen LogP contribution in [0.1, 0.15) is 45.2 Å². The predicted molar refractivity (Wildman–Crippen MR) is 110 cm³/mol. The summed E-state index contributed by atoms with van der Waals surface area (Å²) in [6.45, 7) is 5.83. The van der Waals surface area contributed by atoms with Crippen LogP contribution in [0.5, 0.6) is 0 Å². The average molecular weight is 402 g/mol. The highest BCUT2D eigenvalue weighted by Crippen LogP contribution is 2.35. The molecule has 1 N–H and O–H groups in total. The van der Waals surface area contributed by atoms with Gasteiger partial charge in [0.05, 0.1) is 11.7 Å². The zero-order valence-corrected chi connectivity index (χ0v) is 17.3. The highest BCUT2D eigenvalue weighted by atomic mass is 35.5. The van der Waals surface area contributed by atoms with Crippen LogP contribution >= 0.6 is 11.6 Å². The minimum atomic E-state index is -0.105. The van der Waals surface area contributed by atoms with Crippen LogP contribution in [-0.2, 0) is 11.3 Å². The maximum absolute atomic E-state index is 12.8. The van der Waals surface area contributed by atoms with Crippen LogP contribution in [0.3, 0.4) is 0 Å². The molecular formula is C22H28ClN3O2. The maximum Gasteiger partial charge on any atom is 0.237 e. The number of piperazine rings is 1. The van der Waals surface area contributed by atoms with Gasteiger partial charge >= 0.3 is 0 Å². The fourth-order valence-electron chi connectivity index (χ4n) is 4.03. The summed E-state index contributed by atoms with van der Waals surface area (Å²) in [5, 5.41) is 8.22. The van der Waals surface area contributed by atoms with Gasteiger partial charge in [0.1, 0.15) is 0 Å². The van der Waals surface area contributed by atoms with Crippen LogP contribution in [0.4, 0.5) is 0 Å². The molecule has 1 aliphatic heterocycles. The molecule has 1 aliphatic carbocycles. The van der Waals surface area contributed by atoms with Crippen molar-refractivity contribution in [2.24, 2.45) is 11.8 Å². The summed E-state index contributed by atoms with van der Waals surface area (Å²) in [4.78, 5) is 15.1. The molecule has 5 nitrogen and oxygen atoms in total. The first kappa shape index (κ1) is 19.5. The highest BCUT2D eigenvalue weighted by Gasteiger charge is 2.37. The predicted octanol–water partition coefficient (Wildman–Crippen LogP) is 4.51. The first-order valence-corrected chi connectivity index (χ1v) is 10.6. The van der Waals surface area contributed by atoms with E-state index < -0.39 is 0 Å². The standard InChI is InChI=1S/C22H28ClN3O2/c1-14(2)9-20-22(27)24-18(10-15-3-4-15)12-26(20)13-19-11-21(28-25-19)16-5-7-17(23)8-6-16/h5-8,11,14-15,18,20H,3-4,9-10,12-13H2,1-2H3,(H,24,27). The Bertz CT molecular complexity index is 813. The lowest BCUT2D eigenvalue weighted by Gasteiger charge is -2.40. The smallest absolute Gasteiger partial charge is 0.237 e. The molecule has 1 aromatic heterocycles. The molecule has 1 saturated carbocycles. The van der Waals surface area contributed by atoms with Gasteiger partial charge in [-0.2, -0.15) is 0 Å². The van der Waals surface area contributed by atoms with E-state index in [4.69, 9.17) is 16.1 Å². The van der Waals surface area contributed by atoms with E-state index in [0.717, 1.165) is 42.3 Å². The Morgan fingerprint density at radius 1 is 1.29 bits per heavy atom. The van der Waals surface area contributed by atoms with E-state index in [-0.39, 0.29) is 18.0 Å². The SMILES string of the molecule is CC(C)CC1C(=O)NC(CC2CC2)CN1Cc1cc(-c2ccc(Cl)cc2)on1. The lowest BCUT2D eigenvalue weighted by Crippen LogP contribution is -2.60. The zero-order valence-electron chi connectivity index (χ0n) is 16.5. The number of carbonyl (C=O) groups is 1. The Kier molecular flexibility index (Phi) is 5.74. The molecule has 1 saturated heterocycles. The maximum atomic E-state index is 12.8. The van der Waals surface area contributed by atoms with E-state index in [1.807, 2.05) is 30.3 Å². The number of nitrogens with zero attached hydrogens (tertiary/aromatic N) is 2. The number of benzene rings is 1. The van der Waals surface area contributed by atoms with Gasteiger partial charge in [0, 0.05) is 35.8 Å². The van der Waals surface area contributed by atoms with Gasteiger partial charge in [0.2, 0.25) is 5.91 Å². The van der Waals surface area contributed by atoms with Gasteiger partial charge < -0.3 is 9.84 Å². The number of nitrogens with one attached hydrogen (secondary N) is 1. The normalized spacial score (nSPS) is 23.2. The molecule has 2 aliphatic rings. The molecular weight excluding hydrogens is 374 g/mol. The van der Waals surface area contributed by atoms with Crippen molar-refractivity contribution in [2.45, 2.75) is 58.2 Å². The van der Waals surface area contributed by atoms with E-state index in [1.54, 1.807) is 0 Å². The number of hydrogen-bond acceptors (Lipinski definition) is 4. The first-order valence-electron chi connectivity index (χ1n) is 10.2. The number of amides is 1. The molecule has 2 aromatic rings. The second-order valence-electron chi connectivity index (χ2n) is 8.65.